The van der Waals surface area contributed by atoms with Crippen LogP contribution in [0.3, 0.4) is 0 Å². The molecule has 1 aromatic heterocycles. The number of nitrogens with one attached hydrogen (secondary N) is 1. The molecule has 3 rings (SSSR count). The lowest BCUT2D eigenvalue weighted by Crippen LogP contribution is -2.26. The SMILES string of the molecule is CC(NC(=O)c1cccc2ncccc12)c1ccc(S(C)(=O)=O)cc1. The Kier molecular flexibility index (Phi) is 4.55. The molecular formula is C19H18N2O3S. The van der Waals surface area contributed by atoms with Crippen molar-refractivity contribution in [2.75, 3.05) is 6.26 Å². The number of hydrogen-bond donors (Lipinski definition) is 1. The van der Waals surface area contributed by atoms with Gasteiger partial charge in [-0.15, -0.1) is 0 Å². The van der Waals surface area contributed by atoms with Gasteiger partial charge in [0, 0.05) is 23.4 Å². The van der Waals surface area contributed by atoms with Crippen LogP contribution in [0, 0.1) is 0 Å². The van der Waals surface area contributed by atoms with E-state index in [9.17, 15) is 13.2 Å². The second-order valence-corrected chi connectivity index (χ2v) is 7.93. The molecule has 0 spiro atoms. The highest BCUT2D eigenvalue weighted by molar-refractivity contribution is 7.90. The zero-order chi connectivity index (χ0) is 18.0. The van der Waals surface area contributed by atoms with Gasteiger partial charge in [-0.2, -0.15) is 0 Å². The van der Waals surface area contributed by atoms with Crippen molar-refractivity contribution < 1.29 is 13.2 Å². The molecule has 0 aliphatic carbocycles. The average molecular weight is 354 g/mol. The number of fused-ring (bicyclic) bond motifs is 1. The van der Waals surface area contributed by atoms with Crippen LogP contribution in [-0.4, -0.2) is 25.6 Å². The number of rotatable bonds is 4. The maximum absolute atomic E-state index is 12.6. The molecule has 0 fully saturated rings. The molecule has 5 nitrogen and oxygen atoms in total. The van der Waals surface area contributed by atoms with Gasteiger partial charge in [-0.3, -0.25) is 9.78 Å². The summed E-state index contributed by atoms with van der Waals surface area (Å²) in [6.07, 6.45) is 2.86. The number of benzene rings is 2. The molecule has 1 amide bonds. The van der Waals surface area contributed by atoms with E-state index in [4.69, 9.17) is 0 Å². The number of hydrogen-bond acceptors (Lipinski definition) is 4. The molecular weight excluding hydrogens is 336 g/mol. The van der Waals surface area contributed by atoms with E-state index in [1.807, 2.05) is 19.1 Å². The van der Waals surface area contributed by atoms with E-state index in [0.29, 0.717) is 5.56 Å². The van der Waals surface area contributed by atoms with Crippen LogP contribution in [0.25, 0.3) is 10.9 Å². The number of carbonyl (C=O) groups excluding carboxylic acids is 1. The first kappa shape index (κ1) is 17.1. The molecule has 1 unspecified atom stereocenters. The molecule has 0 saturated carbocycles. The molecule has 1 heterocycles. The van der Waals surface area contributed by atoms with E-state index < -0.39 is 9.84 Å². The molecule has 0 aliphatic heterocycles. The minimum Gasteiger partial charge on any atom is -0.345 e. The summed E-state index contributed by atoms with van der Waals surface area (Å²) in [5.41, 5.74) is 2.16. The van der Waals surface area contributed by atoms with Gasteiger partial charge in [0.05, 0.1) is 16.5 Å². The summed E-state index contributed by atoms with van der Waals surface area (Å²) in [5.74, 6) is -0.196. The zero-order valence-corrected chi connectivity index (χ0v) is 14.7. The van der Waals surface area contributed by atoms with Crippen LogP contribution in [-0.2, 0) is 9.84 Å². The first-order valence-electron chi connectivity index (χ1n) is 7.81. The fourth-order valence-corrected chi connectivity index (χ4v) is 3.29. The van der Waals surface area contributed by atoms with Crippen molar-refractivity contribution in [3.8, 4) is 0 Å². The summed E-state index contributed by atoms with van der Waals surface area (Å²) in [4.78, 5) is 17.2. The third-order valence-corrected chi connectivity index (χ3v) is 5.17. The molecule has 128 valence electrons. The minimum absolute atomic E-state index is 0.196. The first-order chi connectivity index (χ1) is 11.9. The topological polar surface area (TPSA) is 76.1 Å². The first-order valence-corrected chi connectivity index (χ1v) is 9.70. The maximum atomic E-state index is 12.6. The van der Waals surface area contributed by atoms with E-state index in [2.05, 4.69) is 10.3 Å². The van der Waals surface area contributed by atoms with Gasteiger partial charge >= 0.3 is 0 Å². The van der Waals surface area contributed by atoms with Crippen molar-refractivity contribution in [3.63, 3.8) is 0 Å². The Hall–Kier alpha value is -2.73. The van der Waals surface area contributed by atoms with Gasteiger partial charge in [0.2, 0.25) is 0 Å². The number of sulfone groups is 1. The van der Waals surface area contributed by atoms with Crippen molar-refractivity contribution >= 4 is 26.6 Å². The van der Waals surface area contributed by atoms with Gasteiger partial charge in [0.15, 0.2) is 9.84 Å². The van der Waals surface area contributed by atoms with Gasteiger partial charge < -0.3 is 5.32 Å². The highest BCUT2D eigenvalue weighted by Crippen LogP contribution is 2.19. The summed E-state index contributed by atoms with van der Waals surface area (Å²) in [6, 6.07) is 15.4. The summed E-state index contributed by atoms with van der Waals surface area (Å²) < 4.78 is 23.1. The van der Waals surface area contributed by atoms with E-state index in [-0.39, 0.29) is 16.8 Å². The molecule has 25 heavy (non-hydrogen) atoms. The minimum atomic E-state index is -3.23. The predicted molar refractivity (Wildman–Crippen MR) is 97.2 cm³/mol. The van der Waals surface area contributed by atoms with Gasteiger partial charge in [-0.1, -0.05) is 24.3 Å². The predicted octanol–water partition coefficient (Wildman–Crippen LogP) is 3.13. The molecule has 6 heteroatoms. The molecule has 0 bridgehead atoms. The second-order valence-electron chi connectivity index (χ2n) is 5.91. The Balaban J connectivity index is 1.82. The second kappa shape index (κ2) is 6.64. The zero-order valence-electron chi connectivity index (χ0n) is 13.9. The van der Waals surface area contributed by atoms with E-state index in [0.717, 1.165) is 16.5 Å². The fraction of sp³-hybridized carbons (Fsp3) is 0.158. The molecule has 3 aromatic rings. The van der Waals surface area contributed by atoms with Gasteiger partial charge in [0.1, 0.15) is 0 Å². The highest BCUT2D eigenvalue weighted by atomic mass is 32.2. The lowest BCUT2D eigenvalue weighted by Gasteiger charge is -2.15. The number of amides is 1. The Morgan fingerprint density at radius 1 is 1.04 bits per heavy atom. The van der Waals surface area contributed by atoms with Crippen molar-refractivity contribution in [2.24, 2.45) is 0 Å². The van der Waals surface area contributed by atoms with Crippen LogP contribution >= 0.6 is 0 Å². The summed E-state index contributed by atoms with van der Waals surface area (Å²) in [7, 11) is -3.23. The van der Waals surface area contributed by atoms with Crippen LogP contribution < -0.4 is 5.32 Å². The van der Waals surface area contributed by atoms with Gasteiger partial charge in [-0.05, 0) is 42.8 Å². The Morgan fingerprint density at radius 3 is 2.44 bits per heavy atom. The Labute approximate surface area is 146 Å². The third kappa shape index (κ3) is 3.69. The van der Waals surface area contributed by atoms with E-state index >= 15 is 0 Å². The summed E-state index contributed by atoms with van der Waals surface area (Å²) in [6.45, 7) is 1.86. The number of carbonyl (C=O) groups is 1. The molecule has 0 aliphatic rings. The van der Waals surface area contributed by atoms with Gasteiger partial charge in [0.25, 0.3) is 5.91 Å². The van der Waals surface area contributed by atoms with Crippen LogP contribution in [0.4, 0.5) is 0 Å². The molecule has 0 radical (unpaired) electrons. The van der Waals surface area contributed by atoms with Crippen LogP contribution in [0.2, 0.25) is 0 Å². The van der Waals surface area contributed by atoms with Crippen molar-refractivity contribution in [1.29, 1.82) is 0 Å². The Morgan fingerprint density at radius 2 is 1.76 bits per heavy atom. The van der Waals surface area contributed by atoms with Crippen molar-refractivity contribution in [3.05, 3.63) is 71.9 Å². The standard InChI is InChI=1S/C19H18N2O3S/c1-13(14-8-10-15(11-9-14)25(2,23)24)21-19(22)17-5-3-7-18-16(17)6-4-12-20-18/h3-13H,1-2H3,(H,21,22). The molecule has 2 aromatic carbocycles. The lowest BCUT2D eigenvalue weighted by molar-refractivity contribution is 0.0941. The number of pyridine rings is 1. The largest absolute Gasteiger partial charge is 0.345 e. The Bertz CT molecular complexity index is 1020. The van der Waals surface area contributed by atoms with E-state index in [1.165, 1.54) is 6.26 Å². The van der Waals surface area contributed by atoms with Crippen molar-refractivity contribution in [1.82, 2.24) is 10.3 Å². The number of nitrogens with zero attached hydrogens (tertiary/aromatic N) is 1. The summed E-state index contributed by atoms with van der Waals surface area (Å²) >= 11 is 0. The highest BCUT2D eigenvalue weighted by Gasteiger charge is 2.15. The monoisotopic (exact) mass is 354 g/mol. The normalized spacial score (nSPS) is 12.7. The van der Waals surface area contributed by atoms with Crippen LogP contribution in [0.1, 0.15) is 28.9 Å². The maximum Gasteiger partial charge on any atom is 0.252 e. The van der Waals surface area contributed by atoms with Gasteiger partial charge in [-0.25, -0.2) is 8.42 Å². The number of aromatic nitrogens is 1. The lowest BCUT2D eigenvalue weighted by atomic mass is 10.1. The van der Waals surface area contributed by atoms with Crippen molar-refractivity contribution in [2.45, 2.75) is 17.9 Å². The molecule has 1 N–H and O–H groups in total. The smallest absolute Gasteiger partial charge is 0.252 e. The summed E-state index contributed by atoms with van der Waals surface area (Å²) in [5, 5.41) is 3.74. The quantitative estimate of drug-likeness (QED) is 0.781. The fourth-order valence-electron chi connectivity index (χ4n) is 2.66. The third-order valence-electron chi connectivity index (χ3n) is 4.05. The average Bonchev–Trinajstić information content (AvgIpc) is 2.60. The van der Waals surface area contributed by atoms with Crippen LogP contribution in [0.15, 0.2) is 65.7 Å². The van der Waals surface area contributed by atoms with Crippen LogP contribution in [0.5, 0.6) is 0 Å². The molecule has 0 saturated heterocycles. The molecule has 1 atom stereocenters. The van der Waals surface area contributed by atoms with E-state index in [1.54, 1.807) is 48.7 Å².